The number of hydrogen-bond donors (Lipinski definition) is 1. The molecule has 0 saturated heterocycles. The zero-order valence-corrected chi connectivity index (χ0v) is 16.0. The Bertz CT molecular complexity index is 306. The minimum atomic E-state index is -0.790. The van der Waals surface area contributed by atoms with Gasteiger partial charge in [-0.2, -0.15) is 0 Å². The minimum Gasteiger partial charge on any atom is -0.481 e. The number of carbonyl (C=O) groups is 2. The van der Waals surface area contributed by atoms with E-state index in [0.717, 1.165) is 32.3 Å². The van der Waals surface area contributed by atoms with Gasteiger partial charge in [-0.1, -0.05) is 34.1 Å². The Morgan fingerprint density at radius 1 is 1.00 bits per heavy atom. The fourth-order valence-corrected chi connectivity index (χ4v) is 1.43. The zero-order chi connectivity index (χ0) is 18.8. The van der Waals surface area contributed by atoms with Gasteiger partial charge in [0.15, 0.2) is 0 Å². The molecule has 0 aliphatic carbocycles. The Morgan fingerprint density at radius 3 is 2.12 bits per heavy atom. The number of hydrogen-bond acceptors (Lipinski definition) is 5. The normalized spacial score (nSPS) is 12.7. The Hall–Kier alpha value is -1.14. The molecule has 0 aliphatic heterocycles. The van der Waals surface area contributed by atoms with Crippen LogP contribution in [0.5, 0.6) is 0 Å². The van der Waals surface area contributed by atoms with Crippen molar-refractivity contribution in [2.24, 2.45) is 5.92 Å². The maximum absolute atomic E-state index is 10.8. The lowest BCUT2D eigenvalue weighted by Crippen LogP contribution is -2.21. The van der Waals surface area contributed by atoms with Crippen molar-refractivity contribution in [1.29, 1.82) is 0 Å². The molecule has 0 aromatic heterocycles. The molecule has 0 aromatic carbocycles. The first kappa shape index (κ1) is 25.1. The van der Waals surface area contributed by atoms with E-state index in [1.54, 1.807) is 13.8 Å². The lowest BCUT2D eigenvalue weighted by atomic mass is 10.2. The highest BCUT2D eigenvalue weighted by atomic mass is 16.6. The second-order valence-electron chi connectivity index (χ2n) is 5.61. The van der Waals surface area contributed by atoms with Gasteiger partial charge in [0, 0.05) is 19.6 Å². The first-order chi connectivity index (χ1) is 11.4. The zero-order valence-electron chi connectivity index (χ0n) is 16.0. The second kappa shape index (κ2) is 18.2. The average molecular weight is 348 g/mol. The monoisotopic (exact) mass is 348 g/mol. The molecule has 0 fully saturated rings. The van der Waals surface area contributed by atoms with Crippen molar-refractivity contribution in [2.75, 3.05) is 26.4 Å². The van der Waals surface area contributed by atoms with Gasteiger partial charge in [0.1, 0.15) is 6.61 Å². The Labute approximate surface area is 146 Å². The van der Waals surface area contributed by atoms with Crippen LogP contribution >= 0.6 is 0 Å². The Balaban J connectivity index is 0. The summed E-state index contributed by atoms with van der Waals surface area (Å²) in [6.45, 7) is 11.7. The number of esters is 1. The largest absolute Gasteiger partial charge is 0.481 e. The first-order valence-corrected chi connectivity index (χ1v) is 9.00. The van der Waals surface area contributed by atoms with Crippen LogP contribution in [0.1, 0.15) is 66.7 Å². The van der Waals surface area contributed by atoms with Crippen molar-refractivity contribution in [3.63, 3.8) is 0 Å². The van der Waals surface area contributed by atoms with E-state index in [2.05, 4.69) is 13.8 Å². The summed E-state index contributed by atoms with van der Waals surface area (Å²) in [4.78, 5) is 21.1. The van der Waals surface area contributed by atoms with E-state index in [1.807, 2.05) is 6.92 Å². The molecule has 0 amide bonds. The van der Waals surface area contributed by atoms with E-state index >= 15 is 0 Å². The first-order valence-electron chi connectivity index (χ1n) is 9.00. The molecule has 6 heteroatoms. The van der Waals surface area contributed by atoms with Crippen LogP contribution in [0.25, 0.3) is 0 Å². The van der Waals surface area contributed by atoms with Crippen LogP contribution < -0.4 is 0 Å². The predicted molar refractivity (Wildman–Crippen MR) is 94.1 cm³/mol. The van der Waals surface area contributed by atoms with E-state index in [4.69, 9.17) is 19.3 Å². The quantitative estimate of drug-likeness (QED) is 0.404. The van der Waals surface area contributed by atoms with E-state index in [9.17, 15) is 9.59 Å². The summed E-state index contributed by atoms with van der Waals surface area (Å²) in [6.07, 6.45) is 4.48. The van der Waals surface area contributed by atoms with Crippen LogP contribution in [0.3, 0.4) is 0 Å². The van der Waals surface area contributed by atoms with Gasteiger partial charge in [0.05, 0.1) is 18.6 Å². The predicted octanol–water partition coefficient (Wildman–Crippen LogP) is 3.67. The highest BCUT2D eigenvalue weighted by Crippen LogP contribution is 2.00. The summed E-state index contributed by atoms with van der Waals surface area (Å²) in [6, 6.07) is 0. The van der Waals surface area contributed by atoms with Crippen LogP contribution in [-0.4, -0.2) is 49.6 Å². The third kappa shape index (κ3) is 17.2. The minimum absolute atomic E-state index is 0.0652. The number of rotatable bonds is 13. The summed E-state index contributed by atoms with van der Waals surface area (Å²) in [5.41, 5.74) is 0. The molecule has 0 radical (unpaired) electrons. The van der Waals surface area contributed by atoms with Crippen LogP contribution in [0.15, 0.2) is 0 Å². The van der Waals surface area contributed by atoms with Gasteiger partial charge in [-0.15, -0.1) is 0 Å². The summed E-state index contributed by atoms with van der Waals surface area (Å²) >= 11 is 0. The molecule has 0 spiro atoms. The van der Waals surface area contributed by atoms with Crippen molar-refractivity contribution in [1.82, 2.24) is 0 Å². The van der Waals surface area contributed by atoms with Gasteiger partial charge in [-0.3, -0.25) is 9.59 Å². The second-order valence-corrected chi connectivity index (χ2v) is 5.61. The van der Waals surface area contributed by atoms with Gasteiger partial charge in [-0.25, -0.2) is 0 Å². The highest BCUT2D eigenvalue weighted by molar-refractivity contribution is 5.69. The fourth-order valence-electron chi connectivity index (χ4n) is 1.43. The van der Waals surface area contributed by atoms with Crippen molar-refractivity contribution < 1.29 is 28.9 Å². The molecular weight excluding hydrogens is 312 g/mol. The van der Waals surface area contributed by atoms with E-state index < -0.39 is 5.97 Å². The molecule has 0 heterocycles. The number of ether oxygens (including phenoxy) is 3. The third-order valence-corrected chi connectivity index (χ3v) is 3.16. The number of carbonyl (C=O) groups excluding carboxylic acids is 1. The Kier molecular flexibility index (Phi) is 19.0. The third-order valence-electron chi connectivity index (χ3n) is 3.16. The molecule has 6 nitrogen and oxygen atoms in total. The highest BCUT2D eigenvalue weighted by Gasteiger charge is 2.10. The molecule has 0 aromatic rings. The van der Waals surface area contributed by atoms with Crippen molar-refractivity contribution in [3.8, 4) is 0 Å². The van der Waals surface area contributed by atoms with Crippen LogP contribution in [-0.2, 0) is 23.8 Å². The van der Waals surface area contributed by atoms with Crippen molar-refractivity contribution >= 4 is 11.9 Å². The maximum Gasteiger partial charge on any atom is 0.308 e. The van der Waals surface area contributed by atoms with Crippen molar-refractivity contribution in [3.05, 3.63) is 0 Å². The summed E-state index contributed by atoms with van der Waals surface area (Å²) < 4.78 is 15.6. The summed E-state index contributed by atoms with van der Waals surface area (Å²) in [7, 11) is 0. The van der Waals surface area contributed by atoms with Gasteiger partial charge in [0.2, 0.25) is 0 Å². The fraction of sp³-hybridized carbons (Fsp3) is 0.889. The van der Waals surface area contributed by atoms with Crippen LogP contribution in [0.4, 0.5) is 0 Å². The SMILES string of the molecule is CCCCOCC(C)C(=O)O.CCCOC(CC)COC(=O)CC. The molecule has 0 saturated carbocycles. The Morgan fingerprint density at radius 2 is 1.67 bits per heavy atom. The van der Waals surface area contributed by atoms with Crippen LogP contribution in [0, 0.1) is 5.92 Å². The molecular formula is C18H36O6. The van der Waals surface area contributed by atoms with Gasteiger partial charge < -0.3 is 19.3 Å². The number of carboxylic acid groups (broad SMARTS) is 1. The van der Waals surface area contributed by atoms with Gasteiger partial charge in [-0.05, 0) is 26.2 Å². The summed E-state index contributed by atoms with van der Waals surface area (Å²) in [5.74, 6) is -1.33. The lowest BCUT2D eigenvalue weighted by molar-refractivity contribution is -0.147. The van der Waals surface area contributed by atoms with E-state index in [0.29, 0.717) is 26.2 Å². The standard InChI is InChI=1S/C10H20O3.C8H16O3/c1-4-7-12-9(5-2)8-13-10(11)6-3;1-3-4-5-11-6-7(2)8(9)10/h9H,4-8H2,1-3H3;7H,3-6H2,1-2H3,(H,9,10). The number of unbranched alkanes of at least 4 members (excludes halogenated alkanes) is 1. The van der Waals surface area contributed by atoms with Crippen molar-refractivity contribution in [2.45, 2.75) is 72.8 Å². The molecule has 0 bridgehead atoms. The van der Waals surface area contributed by atoms with Crippen LogP contribution in [0.2, 0.25) is 0 Å². The number of aliphatic carboxylic acids is 1. The smallest absolute Gasteiger partial charge is 0.308 e. The average Bonchev–Trinajstić information content (AvgIpc) is 2.58. The topological polar surface area (TPSA) is 82.1 Å². The van der Waals surface area contributed by atoms with E-state index in [-0.39, 0.29) is 18.0 Å². The molecule has 24 heavy (non-hydrogen) atoms. The van der Waals surface area contributed by atoms with Gasteiger partial charge >= 0.3 is 11.9 Å². The molecule has 2 atom stereocenters. The molecule has 2 unspecified atom stereocenters. The molecule has 0 aliphatic rings. The van der Waals surface area contributed by atoms with E-state index in [1.165, 1.54) is 0 Å². The maximum atomic E-state index is 10.8. The molecule has 0 rings (SSSR count). The molecule has 144 valence electrons. The molecule has 1 N–H and O–H groups in total. The van der Waals surface area contributed by atoms with Gasteiger partial charge in [0.25, 0.3) is 0 Å². The summed E-state index contributed by atoms with van der Waals surface area (Å²) in [5, 5.41) is 8.46. The number of carboxylic acids is 1. The lowest BCUT2D eigenvalue weighted by Gasteiger charge is -2.15.